The fraction of sp³-hybridized carbons (Fsp3) is 0.571. The minimum Gasteiger partial charge on any atom is -0.465 e. The number of ketones is 1. The number of furan rings is 1. The standard InChI is InChI=1S/C28H40O5/c1-2-3-4-5-6-7-8-9-10-11-12-16-21-31-28-20-19-26(33-28)25(29)22-27(30)32-23-24-17-14-13-15-18-24/h13-15,17-20H,2-12,16,21-23H2,1H3. The Bertz CT molecular complexity index is 781. The highest BCUT2D eigenvalue weighted by molar-refractivity contribution is 6.04. The number of carbonyl (C=O) groups excluding carboxylic acids is 2. The van der Waals surface area contributed by atoms with Gasteiger partial charge in [0.25, 0.3) is 5.95 Å². The summed E-state index contributed by atoms with van der Waals surface area (Å²) in [5.74, 6) is -0.539. The smallest absolute Gasteiger partial charge is 0.314 e. The Balaban J connectivity index is 1.48. The Morgan fingerprint density at radius 1 is 0.758 bits per heavy atom. The molecule has 0 spiro atoms. The van der Waals surface area contributed by atoms with Crippen LogP contribution in [0.15, 0.2) is 46.9 Å². The molecule has 2 aromatic rings. The Morgan fingerprint density at radius 2 is 1.36 bits per heavy atom. The molecule has 0 aliphatic heterocycles. The van der Waals surface area contributed by atoms with Gasteiger partial charge in [-0.1, -0.05) is 108 Å². The van der Waals surface area contributed by atoms with Crippen LogP contribution in [0, 0.1) is 0 Å². The van der Waals surface area contributed by atoms with Crippen LogP contribution in [0.2, 0.25) is 0 Å². The molecule has 0 saturated carbocycles. The van der Waals surface area contributed by atoms with E-state index in [-0.39, 0.29) is 18.8 Å². The molecule has 182 valence electrons. The molecule has 0 fully saturated rings. The minimum absolute atomic E-state index is 0.122. The first kappa shape index (κ1) is 26.7. The van der Waals surface area contributed by atoms with Gasteiger partial charge >= 0.3 is 5.97 Å². The zero-order chi connectivity index (χ0) is 23.6. The topological polar surface area (TPSA) is 65.7 Å². The van der Waals surface area contributed by atoms with E-state index in [2.05, 4.69) is 6.92 Å². The van der Waals surface area contributed by atoms with E-state index in [0.29, 0.717) is 12.6 Å². The van der Waals surface area contributed by atoms with Crippen LogP contribution in [0.5, 0.6) is 5.95 Å². The van der Waals surface area contributed by atoms with Crippen molar-refractivity contribution in [3.63, 3.8) is 0 Å². The van der Waals surface area contributed by atoms with E-state index in [9.17, 15) is 9.59 Å². The van der Waals surface area contributed by atoms with Gasteiger partial charge in [0.15, 0.2) is 5.76 Å². The Hall–Kier alpha value is -2.56. The molecule has 0 N–H and O–H groups in total. The van der Waals surface area contributed by atoms with Crippen molar-refractivity contribution >= 4 is 11.8 Å². The van der Waals surface area contributed by atoms with E-state index in [1.807, 2.05) is 30.3 Å². The van der Waals surface area contributed by atoms with Crippen molar-refractivity contribution < 1.29 is 23.5 Å². The van der Waals surface area contributed by atoms with E-state index in [4.69, 9.17) is 13.9 Å². The van der Waals surface area contributed by atoms with Gasteiger partial charge in [-0.05, 0) is 18.1 Å². The summed E-state index contributed by atoms with van der Waals surface area (Å²) in [4.78, 5) is 24.1. The highest BCUT2D eigenvalue weighted by Crippen LogP contribution is 2.18. The number of ether oxygens (including phenoxy) is 2. The van der Waals surface area contributed by atoms with Crippen molar-refractivity contribution in [3.05, 3.63) is 53.8 Å². The number of hydrogen-bond acceptors (Lipinski definition) is 5. The summed E-state index contributed by atoms with van der Waals surface area (Å²) >= 11 is 0. The molecule has 0 bridgehead atoms. The molecule has 2 rings (SSSR count). The van der Waals surface area contributed by atoms with Crippen LogP contribution in [0.4, 0.5) is 0 Å². The summed E-state index contributed by atoms with van der Waals surface area (Å²) in [6, 6.07) is 12.5. The predicted molar refractivity (Wildman–Crippen MR) is 130 cm³/mol. The fourth-order valence-corrected chi connectivity index (χ4v) is 3.67. The summed E-state index contributed by atoms with van der Waals surface area (Å²) in [5.41, 5.74) is 0.879. The zero-order valence-electron chi connectivity index (χ0n) is 20.2. The van der Waals surface area contributed by atoms with Crippen molar-refractivity contribution in [1.82, 2.24) is 0 Å². The average molecular weight is 457 g/mol. The Kier molecular flexibility index (Phi) is 13.7. The number of unbranched alkanes of at least 4 members (excludes halogenated alkanes) is 11. The van der Waals surface area contributed by atoms with Crippen molar-refractivity contribution in [2.75, 3.05) is 6.61 Å². The summed E-state index contributed by atoms with van der Waals surface area (Å²) in [6.07, 6.45) is 15.2. The predicted octanol–water partition coefficient (Wildman–Crippen LogP) is 7.68. The molecule has 0 unspecified atom stereocenters. The van der Waals surface area contributed by atoms with Gasteiger partial charge in [0.05, 0.1) is 6.61 Å². The van der Waals surface area contributed by atoms with Gasteiger partial charge in [0.2, 0.25) is 5.78 Å². The van der Waals surface area contributed by atoms with Gasteiger partial charge in [0, 0.05) is 6.07 Å². The van der Waals surface area contributed by atoms with Gasteiger partial charge in [-0.25, -0.2) is 0 Å². The quantitative estimate of drug-likeness (QED) is 0.0938. The van der Waals surface area contributed by atoms with E-state index in [1.54, 1.807) is 12.1 Å². The maximum Gasteiger partial charge on any atom is 0.314 e. The zero-order valence-corrected chi connectivity index (χ0v) is 20.2. The molecule has 5 heteroatoms. The lowest BCUT2D eigenvalue weighted by Crippen LogP contribution is -2.11. The first-order valence-corrected chi connectivity index (χ1v) is 12.6. The van der Waals surface area contributed by atoms with Gasteiger partial charge in [-0.2, -0.15) is 0 Å². The number of esters is 1. The molecule has 1 aromatic heterocycles. The summed E-state index contributed by atoms with van der Waals surface area (Å²) in [6.45, 7) is 2.98. The van der Waals surface area contributed by atoms with Crippen molar-refractivity contribution in [3.8, 4) is 5.95 Å². The number of Topliss-reactive ketones (excluding diaryl/α,β-unsaturated/α-hetero) is 1. The average Bonchev–Trinajstić information content (AvgIpc) is 3.30. The van der Waals surface area contributed by atoms with Crippen LogP contribution in [0.25, 0.3) is 0 Å². The number of benzene rings is 1. The molecule has 0 radical (unpaired) electrons. The van der Waals surface area contributed by atoms with Crippen molar-refractivity contribution in [1.29, 1.82) is 0 Å². The van der Waals surface area contributed by atoms with E-state index < -0.39 is 11.8 Å². The van der Waals surface area contributed by atoms with Gasteiger partial charge in [-0.3, -0.25) is 9.59 Å². The van der Waals surface area contributed by atoms with Gasteiger partial charge in [0.1, 0.15) is 13.0 Å². The molecule has 1 aromatic carbocycles. The van der Waals surface area contributed by atoms with Crippen molar-refractivity contribution in [2.45, 2.75) is 97.0 Å². The third-order valence-electron chi connectivity index (χ3n) is 5.65. The minimum atomic E-state index is -0.570. The lowest BCUT2D eigenvalue weighted by atomic mass is 10.1. The summed E-state index contributed by atoms with van der Waals surface area (Å²) in [5, 5.41) is 0. The second-order valence-corrected chi connectivity index (χ2v) is 8.60. The molecule has 33 heavy (non-hydrogen) atoms. The largest absolute Gasteiger partial charge is 0.465 e. The second-order valence-electron chi connectivity index (χ2n) is 8.60. The maximum absolute atomic E-state index is 12.2. The maximum atomic E-state index is 12.2. The second kappa shape index (κ2) is 17.0. The van der Waals surface area contributed by atoms with Gasteiger partial charge < -0.3 is 13.9 Å². The van der Waals surface area contributed by atoms with Crippen LogP contribution in [0.3, 0.4) is 0 Å². The Morgan fingerprint density at radius 3 is 2.00 bits per heavy atom. The highest BCUT2D eigenvalue weighted by Gasteiger charge is 2.17. The van der Waals surface area contributed by atoms with Crippen LogP contribution in [-0.2, 0) is 16.1 Å². The van der Waals surface area contributed by atoms with Crippen LogP contribution in [-0.4, -0.2) is 18.4 Å². The Labute approximate surface area is 198 Å². The molecular formula is C28H40O5. The van der Waals surface area contributed by atoms with Crippen LogP contribution < -0.4 is 4.74 Å². The SMILES string of the molecule is CCCCCCCCCCCCCCOc1ccc(C(=O)CC(=O)OCc2ccccc2)o1. The van der Waals surface area contributed by atoms with E-state index in [0.717, 1.165) is 18.4 Å². The summed E-state index contributed by atoms with van der Waals surface area (Å²) < 4.78 is 16.2. The van der Waals surface area contributed by atoms with E-state index in [1.165, 1.54) is 64.2 Å². The van der Waals surface area contributed by atoms with E-state index >= 15 is 0 Å². The molecule has 0 aliphatic rings. The van der Waals surface area contributed by atoms with Crippen molar-refractivity contribution in [2.24, 2.45) is 0 Å². The molecule has 1 heterocycles. The van der Waals surface area contributed by atoms with Crippen LogP contribution >= 0.6 is 0 Å². The first-order valence-electron chi connectivity index (χ1n) is 12.6. The number of hydrogen-bond donors (Lipinski definition) is 0. The molecule has 0 amide bonds. The number of carbonyl (C=O) groups is 2. The lowest BCUT2D eigenvalue weighted by Gasteiger charge is -2.04. The van der Waals surface area contributed by atoms with Gasteiger partial charge in [-0.15, -0.1) is 0 Å². The fourth-order valence-electron chi connectivity index (χ4n) is 3.67. The monoisotopic (exact) mass is 456 g/mol. The molecule has 0 saturated heterocycles. The molecule has 0 aliphatic carbocycles. The van der Waals surface area contributed by atoms with Crippen LogP contribution in [0.1, 0.15) is 107 Å². The summed E-state index contributed by atoms with van der Waals surface area (Å²) in [7, 11) is 0. The third kappa shape index (κ3) is 12.3. The molecule has 0 atom stereocenters. The normalized spacial score (nSPS) is 10.8. The third-order valence-corrected chi connectivity index (χ3v) is 5.65. The number of rotatable bonds is 19. The highest BCUT2D eigenvalue weighted by atomic mass is 16.6. The lowest BCUT2D eigenvalue weighted by molar-refractivity contribution is -0.143. The molecule has 5 nitrogen and oxygen atoms in total. The first-order chi connectivity index (χ1) is 16.2. The molecular weight excluding hydrogens is 416 g/mol.